The predicted octanol–water partition coefficient (Wildman–Crippen LogP) is 2.70. The molecule has 0 aliphatic carbocycles. The highest BCUT2D eigenvalue weighted by atomic mass is 16.4. The fourth-order valence-corrected chi connectivity index (χ4v) is 2.56. The van der Waals surface area contributed by atoms with Gasteiger partial charge in [-0.3, -0.25) is 4.98 Å². The molecule has 128 valence electrons. The van der Waals surface area contributed by atoms with Gasteiger partial charge in [-0.1, -0.05) is 24.3 Å². The first kappa shape index (κ1) is 18.1. The molecule has 0 unspecified atom stereocenters. The standard InChI is InChI=1S/C19H25N3O2/c1-15-6-3-4-7-17(15)14-22(2)11-5-9-20-13-18-12-16(19(23)24)8-10-21-18/h3-4,6-8,10,12,20H,5,9,11,13-14H2,1-2H3,(H,23,24). The average molecular weight is 327 g/mol. The van der Waals surface area contributed by atoms with Crippen molar-refractivity contribution in [1.82, 2.24) is 15.2 Å². The summed E-state index contributed by atoms with van der Waals surface area (Å²) in [4.78, 5) is 17.4. The summed E-state index contributed by atoms with van der Waals surface area (Å²) < 4.78 is 0. The first-order chi connectivity index (χ1) is 11.6. The summed E-state index contributed by atoms with van der Waals surface area (Å²) in [6.45, 7) is 5.56. The Morgan fingerprint density at radius 2 is 2.08 bits per heavy atom. The number of benzene rings is 1. The maximum Gasteiger partial charge on any atom is 0.335 e. The molecule has 2 aromatic rings. The van der Waals surface area contributed by atoms with E-state index in [9.17, 15) is 4.79 Å². The smallest absolute Gasteiger partial charge is 0.335 e. The summed E-state index contributed by atoms with van der Waals surface area (Å²) in [6, 6.07) is 11.6. The molecule has 0 saturated heterocycles. The summed E-state index contributed by atoms with van der Waals surface area (Å²) in [5, 5.41) is 12.3. The zero-order valence-electron chi connectivity index (χ0n) is 14.3. The van der Waals surface area contributed by atoms with Crippen LogP contribution in [-0.4, -0.2) is 41.1 Å². The van der Waals surface area contributed by atoms with Crippen LogP contribution in [0.4, 0.5) is 0 Å². The maximum atomic E-state index is 10.9. The number of carboxylic acids is 1. The molecular weight excluding hydrogens is 302 g/mol. The van der Waals surface area contributed by atoms with Crippen molar-refractivity contribution in [2.45, 2.75) is 26.4 Å². The SMILES string of the molecule is Cc1ccccc1CN(C)CCCNCc1cc(C(=O)O)ccn1. The monoisotopic (exact) mass is 327 g/mol. The Balaban J connectivity index is 1.67. The second-order valence-electron chi connectivity index (χ2n) is 6.04. The molecular formula is C19H25N3O2. The number of aromatic nitrogens is 1. The zero-order valence-corrected chi connectivity index (χ0v) is 14.3. The van der Waals surface area contributed by atoms with Crippen LogP contribution in [0.5, 0.6) is 0 Å². The van der Waals surface area contributed by atoms with Gasteiger partial charge in [-0.05, 0) is 56.7 Å². The van der Waals surface area contributed by atoms with Gasteiger partial charge in [-0.2, -0.15) is 0 Å². The first-order valence-electron chi connectivity index (χ1n) is 8.18. The number of hydrogen-bond acceptors (Lipinski definition) is 4. The summed E-state index contributed by atoms with van der Waals surface area (Å²) >= 11 is 0. The molecule has 2 rings (SSSR count). The molecule has 1 heterocycles. The van der Waals surface area contributed by atoms with Crippen molar-refractivity contribution in [3.8, 4) is 0 Å². The molecule has 1 aromatic heterocycles. The summed E-state index contributed by atoms with van der Waals surface area (Å²) in [5.74, 6) is -0.920. The van der Waals surface area contributed by atoms with E-state index in [0.29, 0.717) is 6.54 Å². The third-order valence-electron chi connectivity index (χ3n) is 3.96. The number of rotatable bonds is 9. The lowest BCUT2D eigenvalue weighted by molar-refractivity contribution is 0.0696. The number of aryl methyl sites for hydroxylation is 1. The van der Waals surface area contributed by atoms with Crippen LogP contribution in [0.3, 0.4) is 0 Å². The molecule has 2 N–H and O–H groups in total. The van der Waals surface area contributed by atoms with Crippen molar-refractivity contribution in [2.75, 3.05) is 20.1 Å². The van der Waals surface area contributed by atoms with Crippen LogP contribution in [0.25, 0.3) is 0 Å². The lowest BCUT2D eigenvalue weighted by Gasteiger charge is -2.18. The van der Waals surface area contributed by atoms with Gasteiger partial charge >= 0.3 is 5.97 Å². The van der Waals surface area contributed by atoms with Gasteiger partial charge in [0.25, 0.3) is 0 Å². The minimum atomic E-state index is -0.920. The average Bonchev–Trinajstić information content (AvgIpc) is 2.57. The third kappa shape index (κ3) is 5.76. The van der Waals surface area contributed by atoms with Crippen LogP contribution in [0, 0.1) is 6.92 Å². The van der Waals surface area contributed by atoms with E-state index >= 15 is 0 Å². The van der Waals surface area contributed by atoms with Gasteiger partial charge < -0.3 is 15.3 Å². The third-order valence-corrected chi connectivity index (χ3v) is 3.96. The summed E-state index contributed by atoms with van der Waals surface area (Å²) in [5.41, 5.74) is 3.72. The van der Waals surface area contributed by atoms with Gasteiger partial charge in [-0.25, -0.2) is 4.79 Å². The molecule has 0 aliphatic heterocycles. The Labute approximate surface area is 143 Å². The summed E-state index contributed by atoms with van der Waals surface area (Å²) in [6.07, 6.45) is 2.57. The van der Waals surface area contributed by atoms with Crippen LogP contribution in [0.15, 0.2) is 42.6 Å². The lowest BCUT2D eigenvalue weighted by atomic mass is 10.1. The lowest BCUT2D eigenvalue weighted by Crippen LogP contribution is -2.24. The molecule has 0 saturated carbocycles. The largest absolute Gasteiger partial charge is 0.478 e. The number of hydrogen-bond donors (Lipinski definition) is 2. The van der Waals surface area contributed by atoms with E-state index in [0.717, 1.165) is 31.7 Å². The van der Waals surface area contributed by atoms with Gasteiger partial charge in [0.15, 0.2) is 0 Å². The molecule has 24 heavy (non-hydrogen) atoms. The van der Waals surface area contributed by atoms with Crippen molar-refractivity contribution in [3.05, 3.63) is 65.0 Å². The molecule has 0 spiro atoms. The Kier molecular flexibility index (Phi) is 6.90. The number of carbonyl (C=O) groups is 1. The summed E-state index contributed by atoms with van der Waals surface area (Å²) in [7, 11) is 2.13. The Bertz CT molecular complexity index is 673. The van der Waals surface area contributed by atoms with E-state index in [4.69, 9.17) is 5.11 Å². The fraction of sp³-hybridized carbons (Fsp3) is 0.368. The van der Waals surface area contributed by atoms with E-state index < -0.39 is 5.97 Å². The van der Waals surface area contributed by atoms with E-state index in [2.05, 4.69) is 53.4 Å². The predicted molar refractivity (Wildman–Crippen MR) is 95.0 cm³/mol. The molecule has 5 nitrogen and oxygen atoms in total. The Morgan fingerprint density at radius 1 is 1.29 bits per heavy atom. The maximum absolute atomic E-state index is 10.9. The molecule has 0 aliphatic rings. The van der Waals surface area contributed by atoms with Crippen LogP contribution in [0.1, 0.15) is 33.6 Å². The number of pyridine rings is 1. The van der Waals surface area contributed by atoms with Gasteiger partial charge in [0.1, 0.15) is 0 Å². The second kappa shape index (κ2) is 9.15. The number of carboxylic acid groups (broad SMARTS) is 1. The first-order valence-corrected chi connectivity index (χ1v) is 8.18. The molecule has 0 fully saturated rings. The fourth-order valence-electron chi connectivity index (χ4n) is 2.56. The normalized spacial score (nSPS) is 11.0. The minimum absolute atomic E-state index is 0.278. The van der Waals surface area contributed by atoms with Gasteiger partial charge in [-0.15, -0.1) is 0 Å². The quantitative estimate of drug-likeness (QED) is 0.693. The van der Waals surface area contributed by atoms with E-state index in [-0.39, 0.29) is 5.56 Å². The highest BCUT2D eigenvalue weighted by molar-refractivity contribution is 5.87. The van der Waals surface area contributed by atoms with Crippen molar-refractivity contribution in [2.24, 2.45) is 0 Å². The topological polar surface area (TPSA) is 65.5 Å². The van der Waals surface area contributed by atoms with Crippen molar-refractivity contribution in [1.29, 1.82) is 0 Å². The van der Waals surface area contributed by atoms with Gasteiger partial charge in [0.05, 0.1) is 11.3 Å². The molecule has 5 heteroatoms. The number of aromatic carboxylic acids is 1. The molecule has 1 aromatic carbocycles. The minimum Gasteiger partial charge on any atom is -0.478 e. The van der Waals surface area contributed by atoms with Crippen LogP contribution in [-0.2, 0) is 13.1 Å². The second-order valence-corrected chi connectivity index (χ2v) is 6.04. The molecule has 0 amide bonds. The van der Waals surface area contributed by atoms with Gasteiger partial charge in [0, 0.05) is 19.3 Å². The Hall–Kier alpha value is -2.24. The van der Waals surface area contributed by atoms with Crippen LogP contribution >= 0.6 is 0 Å². The molecule has 0 bridgehead atoms. The van der Waals surface area contributed by atoms with Crippen LogP contribution in [0.2, 0.25) is 0 Å². The zero-order chi connectivity index (χ0) is 17.4. The van der Waals surface area contributed by atoms with Gasteiger partial charge in [0.2, 0.25) is 0 Å². The van der Waals surface area contributed by atoms with E-state index in [1.54, 1.807) is 6.07 Å². The Morgan fingerprint density at radius 3 is 2.83 bits per heavy atom. The van der Waals surface area contributed by atoms with Crippen LogP contribution < -0.4 is 5.32 Å². The number of nitrogens with zero attached hydrogens (tertiary/aromatic N) is 2. The highest BCUT2D eigenvalue weighted by Crippen LogP contribution is 2.09. The highest BCUT2D eigenvalue weighted by Gasteiger charge is 2.05. The number of nitrogens with one attached hydrogen (secondary N) is 1. The van der Waals surface area contributed by atoms with E-state index in [1.165, 1.54) is 23.4 Å². The van der Waals surface area contributed by atoms with Crippen molar-refractivity contribution < 1.29 is 9.90 Å². The van der Waals surface area contributed by atoms with Crippen molar-refractivity contribution >= 4 is 5.97 Å². The van der Waals surface area contributed by atoms with Crippen molar-refractivity contribution in [3.63, 3.8) is 0 Å². The van der Waals surface area contributed by atoms with E-state index in [1.807, 2.05) is 0 Å². The molecule has 0 atom stereocenters. The molecule has 0 radical (unpaired) electrons.